The summed E-state index contributed by atoms with van der Waals surface area (Å²) in [5.74, 6) is 0. The molecule has 0 aromatic heterocycles. The maximum Gasteiger partial charge on any atom is 0.283 e. The molecule has 0 aliphatic carbocycles. The second-order valence-electron chi connectivity index (χ2n) is 5.77. The summed E-state index contributed by atoms with van der Waals surface area (Å²) in [6, 6.07) is 24.8. The van der Waals surface area contributed by atoms with Crippen LogP contribution in [0.15, 0.2) is 95.1 Å². The second kappa shape index (κ2) is 5.53. The quantitative estimate of drug-likeness (QED) is 0.677. The van der Waals surface area contributed by atoms with E-state index in [1.54, 1.807) is 18.2 Å². The van der Waals surface area contributed by atoms with Crippen LogP contribution in [-0.4, -0.2) is 12.8 Å². The van der Waals surface area contributed by atoms with Gasteiger partial charge in [0.1, 0.15) is 0 Å². The fourth-order valence-corrected chi connectivity index (χ4v) is 5.22. The number of rotatable bonds is 3. The molecule has 0 spiro atoms. The lowest BCUT2D eigenvalue weighted by atomic mass is 9.77. The van der Waals surface area contributed by atoms with Crippen LogP contribution < -0.4 is 0 Å². The predicted molar refractivity (Wildman–Crippen MR) is 94.0 cm³/mol. The molecular formula is C19H14N2O3S. The highest BCUT2D eigenvalue weighted by molar-refractivity contribution is 7.89. The average Bonchev–Trinajstić information content (AvgIpc) is 2.88. The molecule has 4 rings (SSSR count). The van der Waals surface area contributed by atoms with E-state index >= 15 is 0 Å². The van der Waals surface area contributed by atoms with Gasteiger partial charge in [-0.05, 0) is 17.2 Å². The second-order valence-corrected chi connectivity index (χ2v) is 7.50. The van der Waals surface area contributed by atoms with Gasteiger partial charge in [-0.1, -0.05) is 78.9 Å². The van der Waals surface area contributed by atoms with Gasteiger partial charge in [0, 0.05) is 5.56 Å². The zero-order valence-corrected chi connectivity index (χ0v) is 13.9. The van der Waals surface area contributed by atoms with Gasteiger partial charge in [0.25, 0.3) is 10.0 Å². The molecular weight excluding hydrogens is 336 g/mol. The van der Waals surface area contributed by atoms with Crippen molar-refractivity contribution in [1.29, 1.82) is 0 Å². The highest BCUT2D eigenvalue weighted by Crippen LogP contribution is 2.52. The third kappa shape index (κ3) is 1.97. The van der Waals surface area contributed by atoms with Gasteiger partial charge in [0.15, 0.2) is 5.54 Å². The first-order chi connectivity index (χ1) is 12.1. The van der Waals surface area contributed by atoms with Gasteiger partial charge in [-0.2, -0.15) is 8.42 Å². The molecule has 0 N–H and O–H groups in total. The summed E-state index contributed by atoms with van der Waals surface area (Å²) in [5.41, 5.74) is 0.523. The number of sulfonamides is 1. The summed E-state index contributed by atoms with van der Waals surface area (Å²) < 4.78 is 26.7. The third-order valence-electron chi connectivity index (χ3n) is 4.53. The van der Waals surface area contributed by atoms with E-state index < -0.39 is 15.6 Å². The van der Waals surface area contributed by atoms with Crippen LogP contribution in [0.3, 0.4) is 0 Å². The molecule has 1 aliphatic rings. The van der Waals surface area contributed by atoms with Crippen LogP contribution >= 0.6 is 0 Å². The van der Waals surface area contributed by atoms with E-state index in [2.05, 4.69) is 5.29 Å². The van der Waals surface area contributed by atoms with Crippen molar-refractivity contribution >= 4 is 10.0 Å². The van der Waals surface area contributed by atoms with E-state index in [1.807, 2.05) is 60.7 Å². The zero-order chi connectivity index (χ0) is 17.5. The standard InChI is InChI=1S/C19H14N2O3S/c22-20-21-19(15-9-3-1-4-10-15,16-11-5-2-6-12-16)17-13-7-8-14-18(17)25(21,23)24/h1-14H/i20+0. The van der Waals surface area contributed by atoms with E-state index in [0.29, 0.717) is 21.1 Å². The molecule has 0 bridgehead atoms. The molecule has 25 heavy (non-hydrogen) atoms. The maximum atomic E-state index is 13.0. The predicted octanol–water partition coefficient (Wildman–Crippen LogP) is 3.66. The van der Waals surface area contributed by atoms with Crippen molar-refractivity contribution in [3.05, 3.63) is 107 Å². The number of hydrogen-bond donors (Lipinski definition) is 0. The van der Waals surface area contributed by atoms with E-state index in [1.165, 1.54) is 6.07 Å². The molecule has 0 radical (unpaired) electrons. The van der Waals surface area contributed by atoms with E-state index in [4.69, 9.17) is 0 Å². The molecule has 0 saturated heterocycles. The lowest BCUT2D eigenvalue weighted by molar-refractivity contribution is 0.301. The van der Waals surface area contributed by atoms with Crippen molar-refractivity contribution in [2.24, 2.45) is 5.29 Å². The Hall–Kier alpha value is -2.99. The van der Waals surface area contributed by atoms with Crippen molar-refractivity contribution in [3.8, 4) is 0 Å². The normalized spacial score (nSPS) is 17.0. The van der Waals surface area contributed by atoms with Crippen LogP contribution in [0.5, 0.6) is 0 Å². The monoisotopic (exact) mass is 350 g/mol. The minimum atomic E-state index is -4.05. The number of nitrogens with zero attached hydrogens (tertiary/aromatic N) is 2. The number of benzene rings is 3. The van der Waals surface area contributed by atoms with Crippen molar-refractivity contribution in [3.63, 3.8) is 0 Å². The fraction of sp³-hybridized carbons (Fsp3) is 0.0526. The molecule has 1 heterocycles. The summed E-state index contributed by atoms with van der Waals surface area (Å²) in [4.78, 5) is 11.8. The Morgan fingerprint density at radius 2 is 1.20 bits per heavy atom. The van der Waals surface area contributed by atoms with Crippen molar-refractivity contribution < 1.29 is 8.42 Å². The molecule has 124 valence electrons. The van der Waals surface area contributed by atoms with Gasteiger partial charge >= 0.3 is 0 Å². The summed E-state index contributed by atoms with van der Waals surface area (Å²) in [5, 5.41) is 2.96. The van der Waals surface area contributed by atoms with Crippen molar-refractivity contribution in [1.82, 2.24) is 4.41 Å². The van der Waals surface area contributed by atoms with Gasteiger partial charge in [-0.15, -0.1) is 9.32 Å². The number of fused-ring (bicyclic) bond motifs is 1. The van der Waals surface area contributed by atoms with Crippen LogP contribution in [0, 0.1) is 4.91 Å². The molecule has 0 unspecified atom stereocenters. The zero-order valence-electron chi connectivity index (χ0n) is 13.1. The first-order valence-corrected chi connectivity index (χ1v) is 9.16. The summed E-state index contributed by atoms with van der Waals surface area (Å²) >= 11 is 0. The molecule has 3 aromatic carbocycles. The molecule has 0 saturated carbocycles. The summed E-state index contributed by atoms with van der Waals surface area (Å²) in [6.07, 6.45) is 0. The van der Waals surface area contributed by atoms with Crippen LogP contribution in [0.4, 0.5) is 0 Å². The number of hydrogen-bond acceptors (Lipinski definition) is 4. The SMILES string of the molecule is O=[14N]N1C(c2ccccc2)(c2ccccc2)c2ccccc2S1(=O)=O. The van der Waals surface area contributed by atoms with Gasteiger partial charge in [-0.25, -0.2) is 0 Å². The molecule has 1 aliphatic heterocycles. The topological polar surface area (TPSA) is 66.8 Å². The molecule has 6 heteroatoms. The molecule has 0 amide bonds. The van der Waals surface area contributed by atoms with Crippen LogP contribution in [0.1, 0.15) is 16.7 Å². The molecule has 0 fully saturated rings. The van der Waals surface area contributed by atoms with Gasteiger partial charge in [0.2, 0.25) is 0 Å². The third-order valence-corrected chi connectivity index (χ3v) is 6.23. The molecule has 0 atom stereocenters. The minimum absolute atomic E-state index is 0.0994. The van der Waals surface area contributed by atoms with Crippen LogP contribution in [0.2, 0.25) is 0 Å². The number of nitroso groups, excluding NO2 is 1. The maximum absolute atomic E-state index is 13.0. The first kappa shape index (κ1) is 15.5. The summed E-state index contributed by atoms with van der Waals surface area (Å²) in [6.45, 7) is 0. The van der Waals surface area contributed by atoms with Gasteiger partial charge in [0.05, 0.1) is 10.2 Å². The largest absolute Gasteiger partial charge is 0.283 e. The summed E-state index contributed by atoms with van der Waals surface area (Å²) in [7, 11) is -4.05. The lowest BCUT2D eigenvalue weighted by Gasteiger charge is -2.34. The van der Waals surface area contributed by atoms with Crippen LogP contribution in [0.25, 0.3) is 0 Å². The van der Waals surface area contributed by atoms with Crippen LogP contribution in [-0.2, 0) is 15.6 Å². The van der Waals surface area contributed by atoms with Gasteiger partial charge in [-0.3, -0.25) is 0 Å². The Morgan fingerprint density at radius 3 is 1.72 bits per heavy atom. The molecule has 3 aromatic rings. The highest BCUT2D eigenvalue weighted by atomic mass is 32.2. The van der Waals surface area contributed by atoms with E-state index in [9.17, 15) is 13.3 Å². The van der Waals surface area contributed by atoms with E-state index in [-0.39, 0.29) is 4.90 Å². The Labute approximate surface area is 145 Å². The van der Waals surface area contributed by atoms with Gasteiger partial charge < -0.3 is 0 Å². The fourth-order valence-electron chi connectivity index (χ4n) is 3.53. The lowest BCUT2D eigenvalue weighted by Crippen LogP contribution is -2.42. The van der Waals surface area contributed by atoms with E-state index in [0.717, 1.165) is 0 Å². The Balaban J connectivity index is 2.20. The van der Waals surface area contributed by atoms with Crippen molar-refractivity contribution in [2.45, 2.75) is 10.4 Å². The minimum Gasteiger partial charge on any atom is -0.199 e. The average molecular weight is 350 g/mol. The van der Waals surface area contributed by atoms with Crippen molar-refractivity contribution in [2.75, 3.05) is 0 Å². The smallest absolute Gasteiger partial charge is 0.199 e. The Morgan fingerprint density at radius 1 is 0.720 bits per heavy atom. The Bertz CT molecular complexity index is 995. The highest BCUT2D eigenvalue weighted by Gasteiger charge is 2.57. The first-order valence-electron chi connectivity index (χ1n) is 7.72. The Kier molecular flexibility index (Phi) is 3.43. The molecule has 5 nitrogen and oxygen atoms in total.